The van der Waals surface area contributed by atoms with Gasteiger partial charge < -0.3 is 16.0 Å². The van der Waals surface area contributed by atoms with E-state index >= 15 is 0 Å². The van der Waals surface area contributed by atoms with Crippen LogP contribution in [0.4, 0.5) is 10.8 Å². The van der Waals surface area contributed by atoms with Crippen LogP contribution in [0.3, 0.4) is 0 Å². The molecule has 0 bridgehead atoms. The van der Waals surface area contributed by atoms with E-state index in [4.69, 9.17) is 0 Å². The fourth-order valence-corrected chi connectivity index (χ4v) is 5.88. The number of rotatable bonds is 10. The van der Waals surface area contributed by atoms with Crippen molar-refractivity contribution in [3.63, 3.8) is 0 Å². The molecule has 1 heterocycles. The highest BCUT2D eigenvalue weighted by Crippen LogP contribution is 2.26. The molecule has 0 radical (unpaired) electrons. The van der Waals surface area contributed by atoms with Crippen LogP contribution in [0.15, 0.2) is 124 Å². The number of amides is 3. The molecule has 44 heavy (non-hydrogen) atoms. The van der Waals surface area contributed by atoms with Crippen LogP contribution in [0, 0.1) is 6.92 Å². The zero-order chi connectivity index (χ0) is 30.9. The summed E-state index contributed by atoms with van der Waals surface area (Å²) in [4.78, 5) is 44.1. The zero-order valence-electron chi connectivity index (χ0n) is 23.5. The maximum absolute atomic E-state index is 13.3. The van der Waals surface area contributed by atoms with Crippen LogP contribution in [0.1, 0.15) is 21.5 Å². The topological polar surface area (TPSA) is 100 Å². The maximum Gasteiger partial charge on any atom is 0.272 e. The number of carbonyl (C=O) groups excluding carboxylic acids is 3. The van der Waals surface area contributed by atoms with Gasteiger partial charge in [0.1, 0.15) is 5.70 Å². The Balaban J connectivity index is 1.18. The summed E-state index contributed by atoms with van der Waals surface area (Å²) in [7, 11) is 0. The van der Waals surface area contributed by atoms with Gasteiger partial charge in [0.15, 0.2) is 5.13 Å². The number of anilines is 2. The molecule has 0 atom stereocenters. The van der Waals surface area contributed by atoms with E-state index in [1.165, 1.54) is 28.7 Å². The highest BCUT2D eigenvalue weighted by atomic mass is 79.9. The first-order chi connectivity index (χ1) is 21.3. The van der Waals surface area contributed by atoms with Crippen LogP contribution < -0.4 is 16.0 Å². The van der Waals surface area contributed by atoms with Crippen molar-refractivity contribution >= 4 is 73.6 Å². The molecular formula is C34H27BrN4O3S2. The van der Waals surface area contributed by atoms with E-state index in [0.717, 1.165) is 26.2 Å². The standard InChI is InChI=1S/C34H27BrN4O3S2/c1-22-10-12-24(13-11-22)30-20-44-34(38-30)39-31(40)21-43-28-16-14-27(15-17-28)36-33(42)29(19-23-6-5-9-26(35)18-23)37-32(41)25-7-3-2-4-8-25/h2-20H,21H2,1H3,(H,36,42)(H,37,41)(H,38,39,40)/b29-19-. The van der Waals surface area contributed by atoms with Crippen LogP contribution in [-0.2, 0) is 9.59 Å². The second-order valence-corrected chi connectivity index (χ2v) is 12.5. The first kappa shape index (κ1) is 30.9. The summed E-state index contributed by atoms with van der Waals surface area (Å²) in [6.07, 6.45) is 1.62. The first-order valence-corrected chi connectivity index (χ1v) is 16.2. The Morgan fingerprint density at radius 3 is 2.36 bits per heavy atom. The van der Waals surface area contributed by atoms with Crippen LogP contribution in [0.2, 0.25) is 0 Å². The Labute approximate surface area is 272 Å². The van der Waals surface area contributed by atoms with Crippen molar-refractivity contribution in [1.82, 2.24) is 10.3 Å². The average Bonchev–Trinajstić information content (AvgIpc) is 3.49. The summed E-state index contributed by atoms with van der Waals surface area (Å²) in [6, 6.07) is 31.4. The lowest BCUT2D eigenvalue weighted by Gasteiger charge is -2.12. The minimum Gasteiger partial charge on any atom is -0.321 e. The molecule has 5 aromatic rings. The second-order valence-electron chi connectivity index (χ2n) is 9.65. The summed E-state index contributed by atoms with van der Waals surface area (Å²) in [6.45, 7) is 2.03. The van der Waals surface area contributed by atoms with Gasteiger partial charge in [0.05, 0.1) is 11.4 Å². The van der Waals surface area contributed by atoms with Gasteiger partial charge in [0.25, 0.3) is 11.8 Å². The predicted molar refractivity (Wildman–Crippen MR) is 183 cm³/mol. The molecule has 0 unspecified atom stereocenters. The summed E-state index contributed by atoms with van der Waals surface area (Å²) < 4.78 is 0.848. The molecule has 3 N–H and O–H groups in total. The molecule has 0 aliphatic heterocycles. The number of nitrogens with zero attached hydrogens (tertiary/aromatic N) is 1. The Morgan fingerprint density at radius 1 is 0.886 bits per heavy atom. The molecule has 4 aromatic carbocycles. The number of nitrogens with one attached hydrogen (secondary N) is 3. The Morgan fingerprint density at radius 2 is 1.64 bits per heavy atom. The molecular weight excluding hydrogens is 656 g/mol. The van der Waals surface area contributed by atoms with Gasteiger partial charge in [-0.3, -0.25) is 14.4 Å². The number of thioether (sulfide) groups is 1. The summed E-state index contributed by atoms with van der Waals surface area (Å²) >= 11 is 6.20. The van der Waals surface area contributed by atoms with Crippen LogP contribution in [-0.4, -0.2) is 28.5 Å². The number of carbonyl (C=O) groups is 3. The largest absolute Gasteiger partial charge is 0.321 e. The van der Waals surface area contributed by atoms with Gasteiger partial charge in [-0.05, 0) is 67.1 Å². The molecule has 0 spiro atoms. The molecule has 0 fully saturated rings. The number of aryl methyl sites for hydroxylation is 1. The SMILES string of the molecule is Cc1ccc(-c2csc(NC(=O)CSc3ccc(NC(=O)/C(=C/c4cccc(Br)c4)NC(=O)c4ccccc4)cc3)n2)cc1. The van der Waals surface area contributed by atoms with Crippen molar-refractivity contribution in [3.8, 4) is 11.3 Å². The zero-order valence-corrected chi connectivity index (χ0v) is 26.8. The lowest BCUT2D eigenvalue weighted by Crippen LogP contribution is -2.30. The number of aromatic nitrogens is 1. The van der Waals surface area contributed by atoms with Gasteiger partial charge in [-0.25, -0.2) is 4.98 Å². The maximum atomic E-state index is 13.3. The highest BCUT2D eigenvalue weighted by molar-refractivity contribution is 9.10. The lowest BCUT2D eigenvalue weighted by molar-refractivity contribution is -0.114. The number of benzene rings is 4. The molecule has 0 saturated carbocycles. The van der Waals surface area contributed by atoms with E-state index in [-0.39, 0.29) is 17.4 Å². The van der Waals surface area contributed by atoms with Crippen molar-refractivity contribution in [3.05, 3.63) is 135 Å². The van der Waals surface area contributed by atoms with Gasteiger partial charge in [0, 0.05) is 31.6 Å². The fraction of sp³-hybridized carbons (Fsp3) is 0.0588. The van der Waals surface area contributed by atoms with Gasteiger partial charge in [-0.1, -0.05) is 76.1 Å². The van der Waals surface area contributed by atoms with Gasteiger partial charge in [-0.15, -0.1) is 23.1 Å². The Bertz CT molecular complexity index is 1800. The summed E-state index contributed by atoms with van der Waals surface area (Å²) in [5.74, 6) is -0.816. The molecule has 1 aromatic heterocycles. The molecule has 5 rings (SSSR count). The molecule has 0 aliphatic carbocycles. The fourth-order valence-electron chi connectivity index (χ4n) is 4.03. The summed E-state index contributed by atoms with van der Waals surface area (Å²) in [5, 5.41) is 10.9. The molecule has 0 saturated heterocycles. The van der Waals surface area contributed by atoms with E-state index in [0.29, 0.717) is 16.4 Å². The van der Waals surface area contributed by atoms with Crippen molar-refractivity contribution in [1.29, 1.82) is 0 Å². The lowest BCUT2D eigenvalue weighted by atomic mass is 10.1. The predicted octanol–water partition coefficient (Wildman–Crippen LogP) is 8.02. The second kappa shape index (κ2) is 14.8. The monoisotopic (exact) mass is 682 g/mol. The smallest absolute Gasteiger partial charge is 0.272 e. The molecule has 7 nitrogen and oxygen atoms in total. The van der Waals surface area contributed by atoms with Crippen molar-refractivity contribution in [2.24, 2.45) is 0 Å². The van der Waals surface area contributed by atoms with Crippen LogP contribution in [0.25, 0.3) is 17.3 Å². The average molecular weight is 684 g/mol. The minimum absolute atomic E-state index is 0.0970. The summed E-state index contributed by atoms with van der Waals surface area (Å²) in [5.41, 5.74) is 4.83. The van der Waals surface area contributed by atoms with E-state index in [1.807, 2.05) is 79.0 Å². The van der Waals surface area contributed by atoms with Gasteiger partial charge >= 0.3 is 0 Å². The van der Waals surface area contributed by atoms with Crippen molar-refractivity contribution < 1.29 is 14.4 Å². The minimum atomic E-state index is -0.470. The van der Waals surface area contributed by atoms with Gasteiger partial charge in [-0.2, -0.15) is 0 Å². The number of halogens is 1. The van der Waals surface area contributed by atoms with Gasteiger partial charge in [0.2, 0.25) is 5.91 Å². The Hall–Kier alpha value is -4.51. The third-order valence-corrected chi connectivity index (χ3v) is 8.53. The van der Waals surface area contributed by atoms with E-state index in [2.05, 4.69) is 36.9 Å². The van der Waals surface area contributed by atoms with E-state index in [9.17, 15) is 14.4 Å². The molecule has 220 valence electrons. The number of thiazole rings is 1. The third-order valence-electron chi connectivity index (χ3n) is 6.27. The van der Waals surface area contributed by atoms with E-state index in [1.54, 1.807) is 42.5 Å². The molecule has 10 heteroatoms. The van der Waals surface area contributed by atoms with Crippen molar-refractivity contribution in [2.45, 2.75) is 11.8 Å². The van der Waals surface area contributed by atoms with Crippen molar-refractivity contribution in [2.75, 3.05) is 16.4 Å². The molecule has 0 aliphatic rings. The first-order valence-electron chi connectivity index (χ1n) is 13.5. The Kier molecular flexibility index (Phi) is 10.4. The quantitative estimate of drug-likeness (QED) is 0.102. The van der Waals surface area contributed by atoms with Crippen LogP contribution in [0.5, 0.6) is 0 Å². The number of hydrogen-bond acceptors (Lipinski definition) is 6. The van der Waals surface area contributed by atoms with E-state index < -0.39 is 11.8 Å². The van der Waals surface area contributed by atoms with Crippen LogP contribution >= 0.6 is 39.0 Å². The normalized spacial score (nSPS) is 11.1. The third kappa shape index (κ3) is 8.76. The molecule has 3 amide bonds. The number of hydrogen-bond donors (Lipinski definition) is 3. The highest BCUT2D eigenvalue weighted by Gasteiger charge is 2.15.